The zero-order chi connectivity index (χ0) is 15.5. The summed E-state index contributed by atoms with van der Waals surface area (Å²) in [6.07, 6.45) is 1.20. The number of nitrogens with zero attached hydrogens (tertiary/aromatic N) is 2. The van der Waals surface area contributed by atoms with Gasteiger partial charge in [0.25, 0.3) is 0 Å². The minimum Gasteiger partial charge on any atom is -0.461 e. The molecule has 0 bridgehead atoms. The molecule has 1 aliphatic heterocycles. The Kier molecular flexibility index (Phi) is 4.67. The van der Waals surface area contributed by atoms with E-state index in [1.807, 2.05) is 25.7 Å². The van der Waals surface area contributed by atoms with Crippen molar-refractivity contribution in [1.82, 2.24) is 9.80 Å². The number of piperazine rings is 1. The largest absolute Gasteiger partial charge is 0.461 e. The summed E-state index contributed by atoms with van der Waals surface area (Å²) >= 11 is 0. The van der Waals surface area contributed by atoms with E-state index in [0.29, 0.717) is 38.5 Å². The molecule has 1 amide bonds. The number of Topliss-reactive ketones (excluding diaryl/α,β-unsaturated/α-hetero) is 1. The molecule has 116 valence electrons. The van der Waals surface area contributed by atoms with Crippen LogP contribution in [0, 0.1) is 0 Å². The van der Waals surface area contributed by atoms with Gasteiger partial charge in [-0.25, -0.2) is 4.79 Å². The predicted molar refractivity (Wildman–Crippen MR) is 77.3 cm³/mol. The van der Waals surface area contributed by atoms with E-state index in [1.165, 1.54) is 6.26 Å². The van der Waals surface area contributed by atoms with Gasteiger partial charge in [0.05, 0.1) is 12.8 Å². The number of amides is 1. The average molecular weight is 294 g/mol. The lowest BCUT2D eigenvalue weighted by Gasteiger charge is -2.35. The second kappa shape index (κ2) is 6.30. The summed E-state index contributed by atoms with van der Waals surface area (Å²) < 4.78 is 10.4. The summed E-state index contributed by atoms with van der Waals surface area (Å²) in [5.41, 5.74) is -0.483. The molecule has 0 saturated carbocycles. The number of furan rings is 1. The molecule has 0 N–H and O–H groups in total. The molecule has 1 saturated heterocycles. The molecule has 2 heterocycles. The van der Waals surface area contributed by atoms with E-state index in [2.05, 4.69) is 0 Å². The van der Waals surface area contributed by atoms with Crippen molar-refractivity contribution >= 4 is 11.9 Å². The first-order chi connectivity index (χ1) is 9.85. The number of carbonyl (C=O) groups excluding carboxylic acids is 2. The molecule has 1 aliphatic rings. The Morgan fingerprint density at radius 1 is 1.24 bits per heavy atom. The monoisotopic (exact) mass is 294 g/mol. The molecule has 1 fully saturated rings. The fraction of sp³-hybridized carbons (Fsp3) is 0.600. The van der Waals surface area contributed by atoms with Crippen LogP contribution < -0.4 is 0 Å². The van der Waals surface area contributed by atoms with Crippen molar-refractivity contribution in [2.45, 2.75) is 26.4 Å². The zero-order valence-corrected chi connectivity index (χ0v) is 12.8. The molecule has 2 rings (SSSR count). The van der Waals surface area contributed by atoms with Crippen molar-refractivity contribution in [2.75, 3.05) is 32.7 Å². The van der Waals surface area contributed by atoms with E-state index < -0.39 is 5.60 Å². The second-order valence-corrected chi connectivity index (χ2v) is 6.14. The lowest BCUT2D eigenvalue weighted by Crippen LogP contribution is -2.51. The molecule has 6 nitrogen and oxygen atoms in total. The van der Waals surface area contributed by atoms with E-state index in [1.54, 1.807) is 17.0 Å². The molecule has 6 heteroatoms. The highest BCUT2D eigenvalue weighted by Gasteiger charge is 2.26. The quantitative estimate of drug-likeness (QED) is 0.798. The summed E-state index contributed by atoms with van der Waals surface area (Å²) in [6.45, 7) is 8.32. The molecule has 0 aromatic carbocycles. The second-order valence-electron chi connectivity index (χ2n) is 6.14. The van der Waals surface area contributed by atoms with E-state index in [0.717, 1.165) is 0 Å². The summed E-state index contributed by atoms with van der Waals surface area (Å²) in [6, 6.07) is 3.37. The van der Waals surface area contributed by atoms with E-state index in [9.17, 15) is 9.59 Å². The Morgan fingerprint density at radius 2 is 1.90 bits per heavy atom. The highest BCUT2D eigenvalue weighted by Crippen LogP contribution is 2.12. The van der Waals surface area contributed by atoms with E-state index >= 15 is 0 Å². The van der Waals surface area contributed by atoms with Gasteiger partial charge in [-0.05, 0) is 32.9 Å². The first-order valence-corrected chi connectivity index (χ1v) is 7.12. The Labute approximate surface area is 124 Å². The Bertz CT molecular complexity index is 482. The number of carbonyl (C=O) groups is 2. The SMILES string of the molecule is CC(C)(C)OC(=O)N1CCN(CC(=O)c2ccco2)CC1. The maximum atomic E-state index is 11.9. The van der Waals surface area contributed by atoms with Gasteiger partial charge in [-0.2, -0.15) is 0 Å². The molecule has 0 aliphatic carbocycles. The molecule has 1 aromatic heterocycles. The van der Waals surface area contributed by atoms with Gasteiger partial charge < -0.3 is 14.1 Å². The minimum absolute atomic E-state index is 0.0364. The summed E-state index contributed by atoms with van der Waals surface area (Å²) in [4.78, 5) is 27.6. The Morgan fingerprint density at radius 3 is 2.43 bits per heavy atom. The molecule has 21 heavy (non-hydrogen) atoms. The average Bonchev–Trinajstić information content (AvgIpc) is 2.91. The smallest absolute Gasteiger partial charge is 0.410 e. The molecular formula is C15H22N2O4. The van der Waals surface area contributed by atoms with Crippen LogP contribution in [0.1, 0.15) is 31.3 Å². The predicted octanol–water partition coefficient (Wildman–Crippen LogP) is 2.02. The standard InChI is InChI=1S/C15H22N2O4/c1-15(2,3)21-14(19)17-8-6-16(7-9-17)11-12(18)13-5-4-10-20-13/h4-5,10H,6-9,11H2,1-3H3. The van der Waals surface area contributed by atoms with Crippen molar-refractivity contribution in [3.8, 4) is 0 Å². The highest BCUT2D eigenvalue weighted by molar-refractivity contribution is 5.95. The molecule has 1 aromatic rings. The fourth-order valence-electron chi connectivity index (χ4n) is 2.13. The lowest BCUT2D eigenvalue weighted by molar-refractivity contribution is 0.0148. The first kappa shape index (κ1) is 15.6. The molecular weight excluding hydrogens is 272 g/mol. The third kappa shape index (κ3) is 4.60. The third-order valence-electron chi connectivity index (χ3n) is 3.19. The normalized spacial score (nSPS) is 16.8. The number of ether oxygens (including phenoxy) is 1. The summed E-state index contributed by atoms with van der Waals surface area (Å²) in [5.74, 6) is 0.343. The van der Waals surface area contributed by atoms with Crippen LogP contribution >= 0.6 is 0 Å². The lowest BCUT2D eigenvalue weighted by atomic mass is 10.2. The van der Waals surface area contributed by atoms with Crippen LogP contribution in [-0.2, 0) is 4.74 Å². The third-order valence-corrected chi connectivity index (χ3v) is 3.19. The fourth-order valence-corrected chi connectivity index (χ4v) is 2.13. The van der Waals surface area contributed by atoms with Crippen LogP contribution in [0.4, 0.5) is 4.79 Å². The van der Waals surface area contributed by atoms with Crippen LogP contribution in [0.5, 0.6) is 0 Å². The summed E-state index contributed by atoms with van der Waals surface area (Å²) in [7, 11) is 0. The highest BCUT2D eigenvalue weighted by atomic mass is 16.6. The Balaban J connectivity index is 1.78. The number of rotatable bonds is 3. The first-order valence-electron chi connectivity index (χ1n) is 7.12. The summed E-state index contributed by atoms with van der Waals surface area (Å²) in [5, 5.41) is 0. The van der Waals surface area contributed by atoms with Gasteiger partial charge in [0.1, 0.15) is 5.60 Å². The molecule has 0 radical (unpaired) electrons. The van der Waals surface area contributed by atoms with E-state index in [4.69, 9.17) is 9.15 Å². The van der Waals surface area contributed by atoms with Gasteiger partial charge in [-0.1, -0.05) is 0 Å². The van der Waals surface area contributed by atoms with E-state index in [-0.39, 0.29) is 11.9 Å². The minimum atomic E-state index is -0.483. The van der Waals surface area contributed by atoms with Crippen LogP contribution in [0.3, 0.4) is 0 Å². The van der Waals surface area contributed by atoms with Crippen LogP contribution in [0.25, 0.3) is 0 Å². The van der Waals surface area contributed by atoms with Crippen LogP contribution in [0.2, 0.25) is 0 Å². The van der Waals surface area contributed by atoms with Gasteiger partial charge in [0.2, 0.25) is 5.78 Å². The van der Waals surface area contributed by atoms with Gasteiger partial charge in [0, 0.05) is 26.2 Å². The van der Waals surface area contributed by atoms with Crippen molar-refractivity contribution in [3.63, 3.8) is 0 Å². The maximum absolute atomic E-state index is 11.9. The van der Waals surface area contributed by atoms with Gasteiger partial charge in [-0.3, -0.25) is 9.69 Å². The molecule has 0 atom stereocenters. The van der Waals surface area contributed by atoms with Crippen molar-refractivity contribution in [1.29, 1.82) is 0 Å². The molecule has 0 spiro atoms. The van der Waals surface area contributed by atoms with Crippen LogP contribution in [0.15, 0.2) is 22.8 Å². The number of hydrogen-bond donors (Lipinski definition) is 0. The van der Waals surface area contributed by atoms with Crippen molar-refractivity contribution in [2.24, 2.45) is 0 Å². The van der Waals surface area contributed by atoms with Gasteiger partial charge in [0.15, 0.2) is 5.76 Å². The zero-order valence-electron chi connectivity index (χ0n) is 12.8. The number of hydrogen-bond acceptors (Lipinski definition) is 5. The van der Waals surface area contributed by atoms with Crippen molar-refractivity contribution in [3.05, 3.63) is 24.2 Å². The van der Waals surface area contributed by atoms with Gasteiger partial charge >= 0.3 is 6.09 Å². The topological polar surface area (TPSA) is 63.0 Å². The van der Waals surface area contributed by atoms with Crippen molar-refractivity contribution < 1.29 is 18.7 Å². The number of ketones is 1. The Hall–Kier alpha value is -1.82. The maximum Gasteiger partial charge on any atom is 0.410 e. The molecule has 0 unspecified atom stereocenters. The van der Waals surface area contributed by atoms with Crippen LogP contribution in [-0.4, -0.2) is 60.0 Å². The van der Waals surface area contributed by atoms with Gasteiger partial charge in [-0.15, -0.1) is 0 Å².